The summed E-state index contributed by atoms with van der Waals surface area (Å²) in [5, 5.41) is 9.95. The molecule has 0 N–H and O–H groups in total. The summed E-state index contributed by atoms with van der Waals surface area (Å²) in [6.07, 6.45) is 0. The van der Waals surface area contributed by atoms with Crippen molar-refractivity contribution in [2.75, 3.05) is 0 Å². The largest absolute Gasteiger partial charge is 0.456 e. The SMILES string of the molecule is c1cc(-c2ccc3oc4ccccc4c3c2)cc(-c2c3ccccc3c(-c3cccc(-c4cccc5c4sc4ccccc45)c3)c3ccccc23)c1. The van der Waals surface area contributed by atoms with E-state index in [0.29, 0.717) is 0 Å². The Kier molecular flexibility index (Phi) is 6.49. The molecule has 0 aliphatic rings. The summed E-state index contributed by atoms with van der Waals surface area (Å²) in [5.74, 6) is 0. The summed E-state index contributed by atoms with van der Waals surface area (Å²) in [6.45, 7) is 0. The van der Waals surface area contributed by atoms with E-state index in [1.165, 1.54) is 86.2 Å². The second-order valence-electron chi connectivity index (χ2n) is 13.6. The summed E-state index contributed by atoms with van der Waals surface area (Å²) in [7, 11) is 0. The molecule has 2 aromatic heterocycles. The van der Waals surface area contributed by atoms with Crippen LogP contribution in [0.2, 0.25) is 0 Å². The van der Waals surface area contributed by atoms with E-state index in [0.717, 1.165) is 21.9 Å². The molecule has 0 bridgehead atoms. The maximum Gasteiger partial charge on any atom is 0.135 e. The van der Waals surface area contributed by atoms with Gasteiger partial charge in [-0.2, -0.15) is 0 Å². The molecular weight excluding hydrogens is 649 g/mol. The smallest absolute Gasteiger partial charge is 0.135 e. The van der Waals surface area contributed by atoms with Gasteiger partial charge in [-0.05, 0) is 102 Å². The zero-order valence-electron chi connectivity index (χ0n) is 28.1. The van der Waals surface area contributed by atoms with Gasteiger partial charge in [0.15, 0.2) is 0 Å². The molecule has 11 rings (SSSR count). The molecule has 0 saturated heterocycles. The van der Waals surface area contributed by atoms with Gasteiger partial charge in [-0.15, -0.1) is 11.3 Å². The number of rotatable bonds is 4. The third-order valence-corrected chi connectivity index (χ3v) is 11.9. The van der Waals surface area contributed by atoms with E-state index >= 15 is 0 Å². The van der Waals surface area contributed by atoms with Gasteiger partial charge in [-0.1, -0.05) is 146 Å². The van der Waals surface area contributed by atoms with Crippen molar-refractivity contribution in [3.63, 3.8) is 0 Å². The molecular formula is C50H30OS. The maximum absolute atomic E-state index is 6.14. The fourth-order valence-corrected chi connectivity index (χ4v) is 9.57. The average Bonchev–Trinajstić information content (AvgIpc) is 3.78. The minimum atomic E-state index is 0.915. The topological polar surface area (TPSA) is 13.1 Å². The molecule has 0 aliphatic carbocycles. The van der Waals surface area contributed by atoms with Crippen molar-refractivity contribution in [2.45, 2.75) is 0 Å². The van der Waals surface area contributed by atoms with Crippen LogP contribution in [0.25, 0.3) is 108 Å². The fraction of sp³-hybridized carbons (Fsp3) is 0. The van der Waals surface area contributed by atoms with Crippen LogP contribution >= 0.6 is 11.3 Å². The van der Waals surface area contributed by atoms with Gasteiger partial charge in [0, 0.05) is 30.9 Å². The van der Waals surface area contributed by atoms with Gasteiger partial charge in [0.05, 0.1) is 0 Å². The van der Waals surface area contributed by atoms with Crippen LogP contribution in [-0.4, -0.2) is 0 Å². The predicted octanol–water partition coefficient (Wildman–Crippen LogP) is 14.9. The zero-order chi connectivity index (χ0) is 34.2. The van der Waals surface area contributed by atoms with E-state index in [-0.39, 0.29) is 0 Å². The van der Waals surface area contributed by atoms with Crippen LogP contribution < -0.4 is 0 Å². The molecule has 11 aromatic rings. The normalized spacial score (nSPS) is 11.8. The number of furan rings is 1. The van der Waals surface area contributed by atoms with Gasteiger partial charge in [0.25, 0.3) is 0 Å². The van der Waals surface area contributed by atoms with Crippen molar-refractivity contribution < 1.29 is 4.42 Å². The summed E-state index contributed by atoms with van der Waals surface area (Å²) in [5.41, 5.74) is 11.7. The number of hydrogen-bond donors (Lipinski definition) is 0. The zero-order valence-corrected chi connectivity index (χ0v) is 29.0. The van der Waals surface area contributed by atoms with Crippen LogP contribution in [0.5, 0.6) is 0 Å². The highest BCUT2D eigenvalue weighted by molar-refractivity contribution is 7.26. The van der Waals surface area contributed by atoms with Gasteiger partial charge in [0.1, 0.15) is 11.2 Å². The minimum Gasteiger partial charge on any atom is -0.456 e. The van der Waals surface area contributed by atoms with Gasteiger partial charge in [-0.25, -0.2) is 0 Å². The lowest BCUT2D eigenvalue weighted by Gasteiger charge is -2.18. The second-order valence-corrected chi connectivity index (χ2v) is 14.6. The molecule has 0 fully saturated rings. The quantitative estimate of drug-likeness (QED) is 0.169. The minimum absolute atomic E-state index is 0.915. The molecule has 0 spiro atoms. The summed E-state index contributed by atoms with van der Waals surface area (Å²) < 4.78 is 8.81. The molecule has 0 radical (unpaired) electrons. The van der Waals surface area contributed by atoms with E-state index in [1.54, 1.807) is 0 Å². The van der Waals surface area contributed by atoms with Gasteiger partial charge < -0.3 is 4.42 Å². The first-order valence-corrected chi connectivity index (χ1v) is 18.6. The van der Waals surface area contributed by atoms with Gasteiger partial charge in [-0.3, -0.25) is 0 Å². The fourth-order valence-electron chi connectivity index (χ4n) is 8.33. The van der Waals surface area contributed by atoms with E-state index in [1.807, 2.05) is 23.5 Å². The van der Waals surface area contributed by atoms with Crippen LogP contribution in [-0.2, 0) is 0 Å². The first-order chi connectivity index (χ1) is 25.8. The Bertz CT molecular complexity index is 3140. The lowest BCUT2D eigenvalue weighted by molar-refractivity contribution is 0.669. The van der Waals surface area contributed by atoms with Crippen molar-refractivity contribution in [1.29, 1.82) is 0 Å². The number of hydrogen-bond acceptors (Lipinski definition) is 2. The highest BCUT2D eigenvalue weighted by atomic mass is 32.1. The average molecular weight is 679 g/mol. The molecule has 9 aromatic carbocycles. The predicted molar refractivity (Wildman–Crippen MR) is 223 cm³/mol. The number of thiophene rings is 1. The Hall–Kier alpha value is -6.48. The van der Waals surface area contributed by atoms with E-state index in [2.05, 4.69) is 170 Å². The Morgan fingerprint density at radius 1 is 0.308 bits per heavy atom. The lowest BCUT2D eigenvalue weighted by atomic mass is 9.85. The molecule has 0 atom stereocenters. The highest BCUT2D eigenvalue weighted by Crippen LogP contribution is 2.46. The number of fused-ring (bicyclic) bond motifs is 8. The summed E-state index contributed by atoms with van der Waals surface area (Å²) >= 11 is 1.89. The van der Waals surface area contributed by atoms with Crippen LogP contribution in [0, 0.1) is 0 Å². The molecule has 52 heavy (non-hydrogen) atoms. The summed E-state index contributed by atoms with van der Waals surface area (Å²) in [4.78, 5) is 0. The summed E-state index contributed by atoms with van der Waals surface area (Å²) in [6, 6.07) is 66.3. The first kappa shape index (κ1) is 29.3. The molecule has 2 heteroatoms. The van der Waals surface area contributed by atoms with Crippen LogP contribution in [0.3, 0.4) is 0 Å². The molecule has 0 amide bonds. The monoisotopic (exact) mass is 678 g/mol. The van der Waals surface area contributed by atoms with E-state index in [4.69, 9.17) is 4.42 Å². The van der Waals surface area contributed by atoms with Crippen molar-refractivity contribution in [3.8, 4) is 44.5 Å². The Labute approximate surface area is 304 Å². The van der Waals surface area contributed by atoms with Crippen LogP contribution in [0.1, 0.15) is 0 Å². The van der Waals surface area contributed by atoms with Crippen molar-refractivity contribution >= 4 is 75.0 Å². The van der Waals surface area contributed by atoms with E-state index in [9.17, 15) is 0 Å². The van der Waals surface area contributed by atoms with Crippen molar-refractivity contribution in [1.82, 2.24) is 0 Å². The molecule has 242 valence electrons. The van der Waals surface area contributed by atoms with Crippen LogP contribution in [0.15, 0.2) is 186 Å². The van der Waals surface area contributed by atoms with E-state index < -0.39 is 0 Å². The van der Waals surface area contributed by atoms with Crippen molar-refractivity contribution in [2.24, 2.45) is 0 Å². The Morgan fingerprint density at radius 2 is 0.808 bits per heavy atom. The first-order valence-electron chi connectivity index (χ1n) is 17.8. The molecule has 0 unspecified atom stereocenters. The maximum atomic E-state index is 6.14. The Balaban J connectivity index is 1.10. The molecule has 0 aliphatic heterocycles. The molecule has 1 nitrogen and oxygen atoms in total. The molecule has 0 saturated carbocycles. The highest BCUT2D eigenvalue weighted by Gasteiger charge is 2.18. The van der Waals surface area contributed by atoms with Crippen molar-refractivity contribution in [3.05, 3.63) is 182 Å². The third kappa shape index (κ3) is 4.48. The van der Waals surface area contributed by atoms with Gasteiger partial charge >= 0.3 is 0 Å². The standard InChI is InChI=1S/C50H30OS/c1-3-20-41-39(18-1)48(34-14-9-12-31(28-34)32-26-27-46-44(30-32)37-16-5-7-24-45(37)51-46)40-19-2-4-21-42(40)49(41)35-15-10-13-33(29-35)36-22-11-23-43-38-17-6-8-25-47(38)52-50(36)43/h1-30H. The number of para-hydroxylation sites is 1. The van der Waals surface area contributed by atoms with Crippen LogP contribution in [0.4, 0.5) is 0 Å². The number of benzene rings is 9. The second kappa shape index (κ2) is 11.5. The molecule has 2 heterocycles. The third-order valence-electron chi connectivity index (χ3n) is 10.7. The lowest BCUT2D eigenvalue weighted by Crippen LogP contribution is -1.91. The Morgan fingerprint density at radius 3 is 1.52 bits per heavy atom. The van der Waals surface area contributed by atoms with Gasteiger partial charge in [0.2, 0.25) is 0 Å².